The second-order valence-corrected chi connectivity index (χ2v) is 21.7. The van der Waals surface area contributed by atoms with Gasteiger partial charge in [-0.05, 0) is 49.3 Å². The van der Waals surface area contributed by atoms with Crippen molar-refractivity contribution in [3.63, 3.8) is 0 Å². The molecule has 0 saturated heterocycles. The molecule has 0 saturated carbocycles. The van der Waals surface area contributed by atoms with E-state index in [0.717, 1.165) is 0 Å². The maximum Gasteiger partial charge on any atom is 0.320 e. The summed E-state index contributed by atoms with van der Waals surface area (Å²) in [6, 6.07) is 0. The summed E-state index contributed by atoms with van der Waals surface area (Å²) in [4.78, 5) is 25.3. The molecule has 0 radical (unpaired) electrons. The number of rotatable bonds is 7. The fraction of sp³-hybridized carbons (Fsp3) is 0.818. The van der Waals surface area contributed by atoms with Crippen LogP contribution in [0.15, 0.2) is 11.8 Å². The maximum atomic E-state index is 12.7. The molecule has 31 heavy (non-hydrogen) atoms. The Balaban J connectivity index is 3.50. The van der Waals surface area contributed by atoms with Crippen molar-refractivity contribution in [2.45, 2.75) is 95.4 Å². The molecule has 0 bridgehead atoms. The fourth-order valence-corrected chi connectivity index (χ4v) is 6.61. The largest absolute Gasteiger partial charge is 0.544 e. The van der Waals surface area contributed by atoms with Crippen LogP contribution >= 0.6 is 11.8 Å². The van der Waals surface area contributed by atoms with Crippen molar-refractivity contribution in [1.29, 1.82) is 0 Å². The predicted octanol–water partition coefficient (Wildman–Crippen LogP) is 5.71. The number of carbonyl (C=O) groups is 2. The Morgan fingerprint density at radius 2 is 1.48 bits per heavy atom. The average molecular weight is 491 g/mol. The summed E-state index contributed by atoms with van der Waals surface area (Å²) in [5, 5.41) is -0.790. The molecule has 0 N–H and O–H groups in total. The van der Waals surface area contributed by atoms with Gasteiger partial charge in [-0.3, -0.25) is 9.59 Å². The number of esters is 2. The van der Waals surface area contributed by atoms with Crippen LogP contribution in [0, 0.1) is 5.92 Å². The minimum Gasteiger partial charge on any atom is -0.544 e. The molecular weight excluding hydrogens is 448 g/mol. The summed E-state index contributed by atoms with van der Waals surface area (Å²) in [6.07, 6.45) is 1.74. The molecule has 1 heterocycles. The van der Waals surface area contributed by atoms with Gasteiger partial charge in [0.05, 0.1) is 13.7 Å². The highest BCUT2D eigenvalue weighted by molar-refractivity contribution is 8.01. The van der Waals surface area contributed by atoms with Gasteiger partial charge in [-0.25, -0.2) is 0 Å². The third kappa shape index (κ3) is 6.85. The Morgan fingerprint density at radius 1 is 0.968 bits per heavy atom. The number of thioether (sulfide) groups is 1. The van der Waals surface area contributed by atoms with Crippen molar-refractivity contribution < 1.29 is 27.9 Å². The molecule has 0 aromatic rings. The van der Waals surface area contributed by atoms with Gasteiger partial charge in [-0.15, -0.1) is 11.8 Å². The molecule has 6 nitrogen and oxygen atoms in total. The van der Waals surface area contributed by atoms with Crippen LogP contribution in [0.3, 0.4) is 0 Å². The summed E-state index contributed by atoms with van der Waals surface area (Å²) in [5.41, 5.74) is -0.481. The Bertz CT molecular complexity index is 691. The lowest BCUT2D eigenvalue weighted by Gasteiger charge is -2.45. The van der Waals surface area contributed by atoms with Gasteiger partial charge in [0.25, 0.3) is 0 Å². The first-order chi connectivity index (χ1) is 13.9. The molecule has 0 fully saturated rings. The summed E-state index contributed by atoms with van der Waals surface area (Å²) < 4.78 is 23.6. The van der Waals surface area contributed by atoms with Crippen LogP contribution in [-0.2, 0) is 27.9 Å². The molecule has 3 atom stereocenters. The van der Waals surface area contributed by atoms with E-state index < -0.39 is 45.2 Å². The number of ether oxygens (including phenoxy) is 2. The van der Waals surface area contributed by atoms with E-state index in [-0.39, 0.29) is 16.7 Å². The first-order valence-electron chi connectivity index (χ1n) is 10.9. The van der Waals surface area contributed by atoms with Crippen LogP contribution < -0.4 is 0 Å². The van der Waals surface area contributed by atoms with Crippen molar-refractivity contribution in [3.8, 4) is 0 Å². The molecule has 1 aliphatic heterocycles. The van der Waals surface area contributed by atoms with Crippen molar-refractivity contribution in [3.05, 3.63) is 11.8 Å². The van der Waals surface area contributed by atoms with E-state index in [2.05, 4.69) is 67.7 Å². The van der Waals surface area contributed by atoms with Gasteiger partial charge in [0, 0.05) is 0 Å². The van der Waals surface area contributed by atoms with E-state index in [1.807, 2.05) is 0 Å². The van der Waals surface area contributed by atoms with E-state index in [4.69, 9.17) is 18.3 Å². The monoisotopic (exact) mass is 490 g/mol. The average Bonchev–Trinajstić information content (AvgIpc) is 2.59. The first kappa shape index (κ1) is 28.3. The topological polar surface area (TPSA) is 71.1 Å². The van der Waals surface area contributed by atoms with Crippen LogP contribution in [0.25, 0.3) is 0 Å². The van der Waals surface area contributed by atoms with Crippen LogP contribution in [0.1, 0.15) is 48.5 Å². The smallest absolute Gasteiger partial charge is 0.320 e. The second-order valence-electron chi connectivity index (χ2n) is 11.0. The molecule has 1 aliphatic rings. The van der Waals surface area contributed by atoms with Gasteiger partial charge in [-0.1, -0.05) is 41.5 Å². The summed E-state index contributed by atoms with van der Waals surface area (Å²) >= 11 is 1.30. The third-order valence-corrected chi connectivity index (χ3v) is 16.9. The zero-order valence-electron chi connectivity index (χ0n) is 21.4. The molecule has 0 aromatic carbocycles. The van der Waals surface area contributed by atoms with Crippen molar-refractivity contribution in [1.82, 2.24) is 0 Å². The molecule has 0 unspecified atom stereocenters. The summed E-state index contributed by atoms with van der Waals surface area (Å²) in [5.74, 6) is -1.08. The normalized spacial score (nSPS) is 23.1. The summed E-state index contributed by atoms with van der Waals surface area (Å²) in [7, 11) is -3.07. The lowest BCUT2D eigenvalue weighted by atomic mass is 10.0. The lowest BCUT2D eigenvalue weighted by Crippen LogP contribution is -2.49. The highest BCUT2D eigenvalue weighted by Gasteiger charge is 2.49. The highest BCUT2D eigenvalue weighted by atomic mass is 32.2. The standard InChI is InChI=1S/C22H42O6SSi2/c1-13-26-19(24)17-15(18(23)25-8)14-16(27-30(9,10)21(2,3)4)20(29-17)28-31(11,12)22(5,6)7/h14-15,17,20H,13H2,1-12H3/t15-,17-,20-/m0/s1. The van der Waals surface area contributed by atoms with Crippen molar-refractivity contribution in [2.75, 3.05) is 13.7 Å². The molecule has 180 valence electrons. The Kier molecular flexibility index (Phi) is 9.12. The second kappa shape index (κ2) is 10.0. The van der Waals surface area contributed by atoms with Gasteiger partial charge in [0.2, 0.25) is 8.32 Å². The van der Waals surface area contributed by atoms with Gasteiger partial charge in [0.15, 0.2) is 8.32 Å². The quantitative estimate of drug-likeness (QED) is 0.334. The zero-order valence-corrected chi connectivity index (χ0v) is 24.2. The van der Waals surface area contributed by atoms with Gasteiger partial charge in [-0.2, -0.15) is 0 Å². The highest BCUT2D eigenvalue weighted by Crippen LogP contribution is 2.47. The Hall–Kier alpha value is -0.776. The van der Waals surface area contributed by atoms with E-state index >= 15 is 0 Å². The third-order valence-electron chi connectivity index (χ3n) is 6.55. The Labute approximate surface area is 195 Å². The molecule has 0 aromatic heterocycles. The van der Waals surface area contributed by atoms with Crippen LogP contribution in [-0.4, -0.2) is 53.0 Å². The van der Waals surface area contributed by atoms with E-state index in [1.165, 1.54) is 18.9 Å². The fourth-order valence-electron chi connectivity index (χ4n) is 2.44. The minimum absolute atomic E-state index is 0.0196. The van der Waals surface area contributed by atoms with Crippen LogP contribution in [0.2, 0.25) is 36.3 Å². The van der Waals surface area contributed by atoms with Gasteiger partial charge < -0.3 is 18.3 Å². The predicted molar refractivity (Wildman–Crippen MR) is 132 cm³/mol. The Morgan fingerprint density at radius 3 is 1.90 bits per heavy atom. The van der Waals surface area contributed by atoms with Crippen LogP contribution in [0.5, 0.6) is 0 Å². The number of carbonyl (C=O) groups excluding carboxylic acids is 2. The number of hydrogen-bond acceptors (Lipinski definition) is 7. The van der Waals surface area contributed by atoms with Gasteiger partial charge in [0.1, 0.15) is 22.4 Å². The summed E-state index contributed by atoms with van der Waals surface area (Å²) in [6.45, 7) is 23.7. The molecular formula is C22H42O6SSi2. The zero-order chi connectivity index (χ0) is 24.4. The molecule has 0 amide bonds. The SMILES string of the molecule is CCOC(=O)[C@H]1S[C@H](O[Si](C)(C)C(C)(C)C)C(O[Si](C)(C)C(C)(C)C)=C[C@@H]1C(=O)OC. The van der Waals surface area contributed by atoms with E-state index in [9.17, 15) is 9.59 Å². The lowest BCUT2D eigenvalue weighted by molar-refractivity contribution is -0.151. The van der Waals surface area contributed by atoms with Gasteiger partial charge >= 0.3 is 11.9 Å². The van der Waals surface area contributed by atoms with E-state index in [0.29, 0.717) is 5.76 Å². The maximum absolute atomic E-state index is 12.7. The molecule has 0 spiro atoms. The molecule has 1 rings (SSSR count). The molecule has 9 heteroatoms. The van der Waals surface area contributed by atoms with E-state index in [1.54, 1.807) is 13.0 Å². The molecule has 0 aliphatic carbocycles. The van der Waals surface area contributed by atoms with Crippen LogP contribution in [0.4, 0.5) is 0 Å². The van der Waals surface area contributed by atoms with Crippen molar-refractivity contribution in [2.24, 2.45) is 5.92 Å². The number of methoxy groups -OCH3 is 1. The minimum atomic E-state index is -2.21. The first-order valence-corrected chi connectivity index (χ1v) is 17.6. The number of hydrogen-bond donors (Lipinski definition) is 0. The van der Waals surface area contributed by atoms with Crippen molar-refractivity contribution >= 4 is 40.3 Å².